The summed E-state index contributed by atoms with van der Waals surface area (Å²) in [5, 5.41) is 2.79. The Balaban J connectivity index is 1.38. The van der Waals surface area contributed by atoms with Gasteiger partial charge in [-0.15, -0.1) is 0 Å². The highest BCUT2D eigenvalue weighted by Crippen LogP contribution is 2.20. The number of nitrogens with one attached hydrogen (secondary N) is 1. The zero-order chi connectivity index (χ0) is 19.8. The van der Waals surface area contributed by atoms with Crippen molar-refractivity contribution in [2.75, 3.05) is 44.2 Å². The molecule has 0 atom stereocenters. The highest BCUT2D eigenvalue weighted by atomic mass is 19.3. The molecule has 1 aliphatic heterocycles. The second kappa shape index (κ2) is 10.0. The van der Waals surface area contributed by atoms with Crippen molar-refractivity contribution in [3.05, 3.63) is 60.2 Å². The van der Waals surface area contributed by atoms with Gasteiger partial charge in [-0.25, -0.2) is 0 Å². The molecule has 2 aromatic carbocycles. The van der Waals surface area contributed by atoms with Crippen LogP contribution in [-0.2, 0) is 0 Å². The van der Waals surface area contributed by atoms with E-state index in [-0.39, 0.29) is 11.3 Å². The summed E-state index contributed by atoms with van der Waals surface area (Å²) < 4.78 is 29.3. The number of hydrogen-bond donors (Lipinski definition) is 1. The average Bonchev–Trinajstić information content (AvgIpc) is 2.72. The average molecular weight is 389 g/mol. The van der Waals surface area contributed by atoms with Gasteiger partial charge < -0.3 is 15.0 Å². The molecule has 0 aliphatic carbocycles. The maximum absolute atomic E-state index is 12.4. The van der Waals surface area contributed by atoms with Crippen molar-refractivity contribution < 1.29 is 18.3 Å². The van der Waals surface area contributed by atoms with Crippen LogP contribution >= 0.6 is 0 Å². The second-order valence-corrected chi connectivity index (χ2v) is 6.65. The van der Waals surface area contributed by atoms with Crippen LogP contribution in [0.2, 0.25) is 0 Å². The summed E-state index contributed by atoms with van der Waals surface area (Å²) in [5.41, 5.74) is 1.37. The topological polar surface area (TPSA) is 44.8 Å². The first kappa shape index (κ1) is 20.1. The molecule has 0 bridgehead atoms. The van der Waals surface area contributed by atoms with Gasteiger partial charge in [0.25, 0.3) is 5.91 Å². The number of carbonyl (C=O) groups is 1. The number of benzene rings is 2. The monoisotopic (exact) mass is 389 g/mol. The number of nitrogens with zero attached hydrogens (tertiary/aromatic N) is 2. The lowest BCUT2D eigenvalue weighted by molar-refractivity contribution is -0.0501. The quantitative estimate of drug-likeness (QED) is 0.704. The van der Waals surface area contributed by atoms with Crippen molar-refractivity contribution in [3.63, 3.8) is 0 Å². The van der Waals surface area contributed by atoms with E-state index in [1.165, 1.54) is 17.8 Å². The fraction of sp³-hybridized carbons (Fsp3) is 0.381. The zero-order valence-electron chi connectivity index (χ0n) is 15.7. The lowest BCUT2D eigenvalue weighted by Crippen LogP contribution is -2.47. The number of piperazine rings is 1. The first-order valence-electron chi connectivity index (χ1n) is 9.48. The van der Waals surface area contributed by atoms with Gasteiger partial charge in [0.05, 0.1) is 5.56 Å². The SMILES string of the molecule is O=C(NCCCN1CCN(c2ccccc2)CC1)c1ccccc1OC(F)F. The molecule has 28 heavy (non-hydrogen) atoms. The van der Waals surface area contributed by atoms with Crippen molar-refractivity contribution in [1.82, 2.24) is 10.2 Å². The van der Waals surface area contributed by atoms with E-state index in [9.17, 15) is 13.6 Å². The van der Waals surface area contributed by atoms with Gasteiger partial charge in [0.1, 0.15) is 5.75 Å². The van der Waals surface area contributed by atoms with Crippen LogP contribution in [0.25, 0.3) is 0 Å². The van der Waals surface area contributed by atoms with E-state index in [1.54, 1.807) is 12.1 Å². The van der Waals surface area contributed by atoms with Gasteiger partial charge >= 0.3 is 6.61 Å². The molecule has 3 rings (SSSR count). The molecule has 1 amide bonds. The molecule has 1 fully saturated rings. The highest BCUT2D eigenvalue weighted by molar-refractivity contribution is 5.96. The van der Waals surface area contributed by atoms with Gasteiger partial charge in [0.15, 0.2) is 0 Å². The summed E-state index contributed by atoms with van der Waals surface area (Å²) in [4.78, 5) is 17.0. The van der Waals surface area contributed by atoms with Crippen LogP contribution in [0, 0.1) is 0 Å². The van der Waals surface area contributed by atoms with Gasteiger partial charge in [0.2, 0.25) is 0 Å². The van der Waals surface area contributed by atoms with Gasteiger partial charge in [-0.1, -0.05) is 30.3 Å². The molecule has 5 nitrogen and oxygen atoms in total. The third-order valence-electron chi connectivity index (χ3n) is 4.78. The fourth-order valence-corrected chi connectivity index (χ4v) is 3.32. The molecule has 0 radical (unpaired) electrons. The molecule has 0 spiro atoms. The molecule has 1 aliphatic rings. The minimum absolute atomic E-state index is 0.105. The Hall–Kier alpha value is -2.67. The van der Waals surface area contributed by atoms with Gasteiger partial charge in [-0.3, -0.25) is 9.69 Å². The Morgan fingerprint density at radius 2 is 1.68 bits per heavy atom. The van der Waals surface area contributed by atoms with E-state index >= 15 is 0 Å². The molecule has 1 saturated heterocycles. The Morgan fingerprint density at radius 1 is 1.00 bits per heavy atom. The molecule has 7 heteroatoms. The summed E-state index contributed by atoms with van der Waals surface area (Å²) in [6.45, 7) is 2.34. The number of anilines is 1. The summed E-state index contributed by atoms with van der Waals surface area (Å²) in [7, 11) is 0. The summed E-state index contributed by atoms with van der Waals surface area (Å²) in [6.07, 6.45) is 0.801. The lowest BCUT2D eigenvalue weighted by Gasteiger charge is -2.36. The van der Waals surface area contributed by atoms with Crippen LogP contribution in [0.1, 0.15) is 16.8 Å². The molecular weight excluding hydrogens is 364 g/mol. The van der Waals surface area contributed by atoms with Crippen LogP contribution in [0.3, 0.4) is 0 Å². The third kappa shape index (κ3) is 5.66. The number of para-hydroxylation sites is 2. The van der Waals surface area contributed by atoms with E-state index in [2.05, 4.69) is 44.1 Å². The summed E-state index contributed by atoms with van der Waals surface area (Å²) >= 11 is 0. The molecule has 1 heterocycles. The van der Waals surface area contributed by atoms with Crippen LogP contribution in [0.5, 0.6) is 5.75 Å². The molecule has 0 aromatic heterocycles. The largest absolute Gasteiger partial charge is 0.434 e. The molecule has 2 aromatic rings. The molecule has 0 saturated carbocycles. The zero-order valence-corrected chi connectivity index (χ0v) is 15.7. The van der Waals surface area contributed by atoms with Crippen molar-refractivity contribution in [2.45, 2.75) is 13.0 Å². The maximum Gasteiger partial charge on any atom is 0.387 e. The lowest BCUT2D eigenvalue weighted by atomic mass is 10.2. The van der Waals surface area contributed by atoms with Gasteiger partial charge in [-0.05, 0) is 37.2 Å². The van der Waals surface area contributed by atoms with Gasteiger partial charge in [-0.2, -0.15) is 8.78 Å². The first-order chi connectivity index (χ1) is 13.6. The van der Waals surface area contributed by atoms with E-state index in [0.717, 1.165) is 39.1 Å². The number of amides is 1. The standard InChI is InChI=1S/C21H25F2N3O2/c22-21(23)28-19-10-5-4-9-18(19)20(27)24-11-6-12-25-13-15-26(16-14-25)17-7-2-1-3-8-17/h1-5,7-10,21H,6,11-16H2,(H,24,27). The predicted molar refractivity (Wildman–Crippen MR) is 105 cm³/mol. The van der Waals surface area contributed by atoms with Crippen LogP contribution < -0.4 is 15.0 Å². The normalized spacial score (nSPS) is 14.9. The van der Waals surface area contributed by atoms with Crippen molar-refractivity contribution >= 4 is 11.6 Å². The number of rotatable bonds is 8. The van der Waals surface area contributed by atoms with Crippen molar-refractivity contribution in [1.29, 1.82) is 0 Å². The number of carbonyl (C=O) groups excluding carboxylic acids is 1. The Bertz CT molecular complexity index is 750. The summed E-state index contributed by atoms with van der Waals surface area (Å²) in [5.74, 6) is -0.503. The van der Waals surface area contributed by atoms with Crippen LogP contribution in [0.4, 0.5) is 14.5 Å². The van der Waals surface area contributed by atoms with Crippen LogP contribution in [0.15, 0.2) is 54.6 Å². The highest BCUT2D eigenvalue weighted by Gasteiger charge is 2.17. The van der Waals surface area contributed by atoms with Gasteiger partial charge in [0, 0.05) is 38.4 Å². The first-order valence-corrected chi connectivity index (χ1v) is 9.48. The molecule has 0 unspecified atom stereocenters. The summed E-state index contributed by atoms with van der Waals surface area (Å²) in [6, 6.07) is 16.4. The minimum Gasteiger partial charge on any atom is -0.434 e. The van der Waals surface area contributed by atoms with E-state index < -0.39 is 12.5 Å². The number of halogens is 2. The maximum atomic E-state index is 12.4. The minimum atomic E-state index is -2.96. The van der Waals surface area contributed by atoms with Crippen molar-refractivity contribution in [2.24, 2.45) is 0 Å². The van der Waals surface area contributed by atoms with E-state index in [1.807, 2.05) is 6.07 Å². The smallest absolute Gasteiger partial charge is 0.387 e. The molecular formula is C21H25F2N3O2. The van der Waals surface area contributed by atoms with E-state index in [4.69, 9.17) is 0 Å². The second-order valence-electron chi connectivity index (χ2n) is 6.65. The van der Waals surface area contributed by atoms with Crippen molar-refractivity contribution in [3.8, 4) is 5.75 Å². The number of ether oxygens (including phenoxy) is 1. The number of hydrogen-bond acceptors (Lipinski definition) is 4. The molecule has 150 valence electrons. The third-order valence-corrected chi connectivity index (χ3v) is 4.78. The van der Waals surface area contributed by atoms with E-state index in [0.29, 0.717) is 6.54 Å². The molecule has 1 N–H and O–H groups in total. The van der Waals surface area contributed by atoms with Crippen LogP contribution in [-0.4, -0.2) is 56.7 Å². The predicted octanol–water partition coefficient (Wildman–Crippen LogP) is 3.23. The fourth-order valence-electron chi connectivity index (χ4n) is 3.32. The Morgan fingerprint density at radius 3 is 2.39 bits per heavy atom. The Kier molecular flexibility index (Phi) is 7.19. The number of alkyl halides is 2. The Labute approximate surface area is 163 Å².